The Labute approximate surface area is 157 Å². The van der Waals surface area contributed by atoms with Gasteiger partial charge in [0.1, 0.15) is 6.61 Å². The molecule has 27 heavy (non-hydrogen) atoms. The number of piperidine rings is 1. The van der Waals surface area contributed by atoms with E-state index in [0.717, 1.165) is 12.8 Å². The van der Waals surface area contributed by atoms with Crippen LogP contribution in [-0.4, -0.2) is 41.3 Å². The minimum absolute atomic E-state index is 0.0245. The van der Waals surface area contributed by atoms with Crippen molar-refractivity contribution < 1.29 is 19.4 Å². The van der Waals surface area contributed by atoms with Crippen molar-refractivity contribution in [2.24, 2.45) is 11.8 Å². The monoisotopic (exact) mass is 363 g/mol. The van der Waals surface area contributed by atoms with Gasteiger partial charge in [-0.3, -0.25) is 4.79 Å². The number of hydrogen-bond acceptors (Lipinski definition) is 3. The van der Waals surface area contributed by atoms with Crippen molar-refractivity contribution in [3.05, 3.63) is 59.7 Å². The highest BCUT2D eigenvalue weighted by atomic mass is 16.6. The highest BCUT2D eigenvalue weighted by Gasteiger charge is 2.52. The van der Waals surface area contributed by atoms with Crippen LogP contribution in [-0.2, 0) is 9.53 Å². The van der Waals surface area contributed by atoms with E-state index in [0.29, 0.717) is 6.54 Å². The zero-order valence-corrected chi connectivity index (χ0v) is 14.9. The van der Waals surface area contributed by atoms with Crippen LogP contribution in [0.15, 0.2) is 48.5 Å². The van der Waals surface area contributed by atoms with Crippen LogP contribution in [0.2, 0.25) is 0 Å². The first-order chi connectivity index (χ1) is 13.1. The van der Waals surface area contributed by atoms with Gasteiger partial charge in [-0.1, -0.05) is 48.5 Å². The van der Waals surface area contributed by atoms with E-state index in [2.05, 4.69) is 24.3 Å². The summed E-state index contributed by atoms with van der Waals surface area (Å²) in [5, 5.41) is 9.44. The summed E-state index contributed by atoms with van der Waals surface area (Å²) in [4.78, 5) is 25.8. The number of fused-ring (bicyclic) bond motifs is 5. The molecule has 0 radical (unpaired) electrons. The van der Waals surface area contributed by atoms with Crippen molar-refractivity contribution in [1.82, 2.24) is 4.90 Å². The number of likely N-dealkylation sites (tertiary alicyclic amines) is 1. The number of hydrogen-bond donors (Lipinski definition) is 1. The average Bonchev–Trinajstić information content (AvgIpc) is 3.36. The van der Waals surface area contributed by atoms with Gasteiger partial charge in [-0.2, -0.15) is 0 Å². The summed E-state index contributed by atoms with van der Waals surface area (Å²) in [5.41, 5.74) is 4.75. The number of amides is 1. The van der Waals surface area contributed by atoms with Crippen LogP contribution in [0.3, 0.4) is 0 Å². The van der Waals surface area contributed by atoms with Gasteiger partial charge in [-0.05, 0) is 41.0 Å². The SMILES string of the molecule is O=C(O)C1[C@H]2CC[C@@H]1N(C(=O)OCC1c3ccccc3-c3ccccc31)C2. The number of carbonyl (C=O) groups excluding carboxylic acids is 1. The maximum Gasteiger partial charge on any atom is 0.410 e. The molecule has 2 aliphatic carbocycles. The van der Waals surface area contributed by atoms with E-state index < -0.39 is 11.9 Å². The molecule has 1 N–H and O–H groups in total. The highest BCUT2D eigenvalue weighted by Crippen LogP contribution is 2.45. The fraction of sp³-hybridized carbons (Fsp3) is 0.364. The number of carboxylic acids is 1. The van der Waals surface area contributed by atoms with Gasteiger partial charge in [0.2, 0.25) is 0 Å². The lowest BCUT2D eigenvalue weighted by Gasteiger charge is -2.27. The van der Waals surface area contributed by atoms with Gasteiger partial charge in [-0.15, -0.1) is 0 Å². The van der Waals surface area contributed by atoms with Crippen molar-refractivity contribution in [1.29, 1.82) is 0 Å². The van der Waals surface area contributed by atoms with Gasteiger partial charge >= 0.3 is 12.1 Å². The summed E-state index contributed by atoms with van der Waals surface area (Å²) >= 11 is 0. The van der Waals surface area contributed by atoms with E-state index in [1.807, 2.05) is 24.3 Å². The molecule has 0 aromatic heterocycles. The second-order valence-corrected chi connectivity index (χ2v) is 7.73. The third kappa shape index (κ3) is 2.45. The van der Waals surface area contributed by atoms with Crippen molar-refractivity contribution in [3.63, 3.8) is 0 Å². The fourth-order valence-electron chi connectivity index (χ4n) is 5.25. The third-order valence-electron chi connectivity index (χ3n) is 6.44. The van der Waals surface area contributed by atoms with Crippen LogP contribution in [0.1, 0.15) is 29.9 Å². The molecule has 5 heteroatoms. The lowest BCUT2D eigenvalue weighted by Crippen LogP contribution is -2.40. The van der Waals surface area contributed by atoms with E-state index in [-0.39, 0.29) is 30.6 Å². The molecule has 5 nitrogen and oxygen atoms in total. The predicted molar refractivity (Wildman–Crippen MR) is 99.4 cm³/mol. The second-order valence-electron chi connectivity index (χ2n) is 7.73. The van der Waals surface area contributed by atoms with Gasteiger partial charge in [0, 0.05) is 18.5 Å². The molecule has 1 saturated carbocycles. The molecule has 0 spiro atoms. The number of ether oxygens (including phenoxy) is 1. The number of aliphatic carboxylic acids is 1. The van der Waals surface area contributed by atoms with Gasteiger partial charge in [-0.25, -0.2) is 4.79 Å². The quantitative estimate of drug-likeness (QED) is 0.902. The van der Waals surface area contributed by atoms with Crippen LogP contribution < -0.4 is 0 Å². The van der Waals surface area contributed by atoms with Gasteiger partial charge in [0.25, 0.3) is 0 Å². The molecule has 1 heterocycles. The Balaban J connectivity index is 1.34. The Bertz CT molecular complexity index is 879. The van der Waals surface area contributed by atoms with Crippen LogP contribution in [0.25, 0.3) is 11.1 Å². The fourth-order valence-corrected chi connectivity index (χ4v) is 5.25. The molecule has 1 saturated heterocycles. The molecule has 2 aromatic rings. The maximum absolute atomic E-state index is 12.7. The normalized spacial score (nSPS) is 25.3. The summed E-state index contributed by atoms with van der Waals surface area (Å²) < 4.78 is 5.70. The smallest absolute Gasteiger partial charge is 0.410 e. The first-order valence-electron chi connectivity index (χ1n) is 9.49. The van der Waals surface area contributed by atoms with Gasteiger partial charge in [0.05, 0.1) is 5.92 Å². The largest absolute Gasteiger partial charge is 0.481 e. The highest BCUT2D eigenvalue weighted by molar-refractivity contribution is 5.79. The summed E-state index contributed by atoms with van der Waals surface area (Å²) in [6, 6.07) is 16.2. The molecule has 2 aromatic carbocycles. The minimum Gasteiger partial charge on any atom is -0.481 e. The lowest BCUT2D eigenvalue weighted by molar-refractivity contribution is -0.142. The molecule has 2 bridgehead atoms. The topological polar surface area (TPSA) is 66.8 Å². The van der Waals surface area contributed by atoms with Gasteiger partial charge in [0.15, 0.2) is 0 Å². The first-order valence-corrected chi connectivity index (χ1v) is 9.49. The van der Waals surface area contributed by atoms with E-state index in [4.69, 9.17) is 4.74 Å². The predicted octanol–water partition coefficient (Wildman–Crippen LogP) is 3.73. The number of benzene rings is 2. The van der Waals surface area contributed by atoms with Crippen molar-refractivity contribution in [2.45, 2.75) is 24.8 Å². The van der Waals surface area contributed by atoms with E-state index in [1.165, 1.54) is 22.3 Å². The number of nitrogens with zero attached hydrogens (tertiary/aromatic N) is 1. The summed E-state index contributed by atoms with van der Waals surface area (Å²) in [5.74, 6) is -1.15. The number of carboxylic acid groups (broad SMARTS) is 1. The van der Waals surface area contributed by atoms with Crippen molar-refractivity contribution in [3.8, 4) is 11.1 Å². The first kappa shape index (κ1) is 16.4. The molecule has 3 atom stereocenters. The van der Waals surface area contributed by atoms with Crippen molar-refractivity contribution in [2.75, 3.05) is 13.2 Å². The third-order valence-corrected chi connectivity index (χ3v) is 6.44. The van der Waals surface area contributed by atoms with E-state index in [1.54, 1.807) is 4.90 Å². The molecule has 1 amide bonds. The number of rotatable bonds is 3. The Hall–Kier alpha value is -2.82. The Morgan fingerprint density at radius 2 is 1.63 bits per heavy atom. The molecule has 1 unspecified atom stereocenters. The zero-order chi connectivity index (χ0) is 18.5. The Morgan fingerprint density at radius 3 is 2.22 bits per heavy atom. The molecule has 3 aliphatic rings. The summed E-state index contributed by atoms with van der Waals surface area (Å²) in [6.07, 6.45) is 1.26. The average molecular weight is 363 g/mol. The van der Waals surface area contributed by atoms with E-state index in [9.17, 15) is 14.7 Å². The van der Waals surface area contributed by atoms with Gasteiger partial charge < -0.3 is 14.7 Å². The molecular formula is C22H21NO4. The Morgan fingerprint density at radius 1 is 1.00 bits per heavy atom. The molecule has 5 rings (SSSR count). The minimum atomic E-state index is -0.795. The Kier molecular flexibility index (Phi) is 3.71. The molecule has 1 aliphatic heterocycles. The molecule has 2 fully saturated rings. The number of carbonyl (C=O) groups is 2. The second kappa shape index (κ2) is 6.12. The van der Waals surface area contributed by atoms with Crippen molar-refractivity contribution >= 4 is 12.1 Å². The van der Waals surface area contributed by atoms with Crippen LogP contribution in [0.5, 0.6) is 0 Å². The summed E-state index contributed by atoms with van der Waals surface area (Å²) in [6.45, 7) is 0.775. The van der Waals surface area contributed by atoms with E-state index >= 15 is 0 Å². The molecular weight excluding hydrogens is 342 g/mol. The van der Waals surface area contributed by atoms with Crippen LogP contribution in [0.4, 0.5) is 4.79 Å². The zero-order valence-electron chi connectivity index (χ0n) is 14.9. The maximum atomic E-state index is 12.7. The van der Waals surface area contributed by atoms with Crippen LogP contribution >= 0.6 is 0 Å². The molecule has 138 valence electrons. The summed E-state index contributed by atoms with van der Waals surface area (Å²) in [7, 11) is 0. The van der Waals surface area contributed by atoms with Crippen LogP contribution in [0, 0.1) is 11.8 Å². The standard InChI is InChI=1S/C22H21NO4/c24-21(25)20-13-9-10-19(20)23(11-13)22(26)27-12-18-16-7-3-1-5-14(16)15-6-2-4-8-17(15)18/h1-8,13,18-20H,9-12H2,(H,24,25)/t13-,19-,20?/m0/s1. The lowest BCUT2D eigenvalue weighted by atomic mass is 9.98.